The number of anilines is 2. The fraction of sp³-hybridized carbons (Fsp3) is 0.481. The van der Waals surface area contributed by atoms with Crippen molar-refractivity contribution < 1.29 is 24.8 Å². The van der Waals surface area contributed by atoms with Crippen LogP contribution in [0.5, 0.6) is 5.75 Å². The molecule has 10 heteroatoms. The number of ether oxygens (including phenoxy) is 2. The van der Waals surface area contributed by atoms with E-state index in [0.717, 1.165) is 16.5 Å². The first kappa shape index (κ1) is 27.5. The van der Waals surface area contributed by atoms with Crippen molar-refractivity contribution in [3.63, 3.8) is 0 Å². The lowest BCUT2D eigenvalue weighted by atomic mass is 10.00. The number of aliphatic hydroxyl groups is 3. The van der Waals surface area contributed by atoms with Crippen LogP contribution in [0.2, 0.25) is 5.02 Å². The van der Waals surface area contributed by atoms with E-state index in [1.807, 2.05) is 30.3 Å². The van der Waals surface area contributed by atoms with Gasteiger partial charge >= 0.3 is 0 Å². The van der Waals surface area contributed by atoms with Gasteiger partial charge in [0, 0.05) is 35.3 Å². The number of halogens is 1. The molecule has 4 rings (SSSR count). The molecule has 2 heterocycles. The van der Waals surface area contributed by atoms with Crippen LogP contribution in [0.3, 0.4) is 0 Å². The van der Waals surface area contributed by atoms with E-state index in [4.69, 9.17) is 21.1 Å². The number of aromatic nitrogens is 2. The predicted octanol–water partition coefficient (Wildman–Crippen LogP) is 3.85. The maximum absolute atomic E-state index is 10.5. The van der Waals surface area contributed by atoms with Crippen molar-refractivity contribution in [1.29, 1.82) is 0 Å². The summed E-state index contributed by atoms with van der Waals surface area (Å²) >= 11 is 6.76. The molecule has 0 saturated carbocycles. The molecule has 3 aromatic rings. The Kier molecular flexibility index (Phi) is 8.52. The number of hydrogen-bond acceptors (Lipinski definition) is 9. The summed E-state index contributed by atoms with van der Waals surface area (Å²) in [5, 5.41) is 35.4. The smallest absolute Gasteiger partial charge is 0.229 e. The largest absolute Gasteiger partial charge is 0.460 e. The third-order valence-corrected chi connectivity index (χ3v) is 6.93. The number of fused-ring (bicyclic) bond motifs is 1. The van der Waals surface area contributed by atoms with Gasteiger partial charge in [0.15, 0.2) is 0 Å². The summed E-state index contributed by atoms with van der Waals surface area (Å²) in [5.74, 6) is 0.980. The van der Waals surface area contributed by atoms with Crippen LogP contribution in [0.4, 0.5) is 11.5 Å². The van der Waals surface area contributed by atoms with Crippen LogP contribution in [-0.2, 0) is 11.3 Å². The van der Waals surface area contributed by atoms with Gasteiger partial charge in [-0.25, -0.2) is 9.97 Å². The number of para-hydroxylation sites is 1. The second-order valence-corrected chi connectivity index (χ2v) is 10.4. The zero-order chi connectivity index (χ0) is 26.9. The van der Waals surface area contributed by atoms with Gasteiger partial charge < -0.3 is 30.1 Å². The molecule has 2 aromatic carbocycles. The first-order chi connectivity index (χ1) is 17.6. The highest BCUT2D eigenvalue weighted by molar-refractivity contribution is 6.32. The molecule has 0 aliphatic carbocycles. The van der Waals surface area contributed by atoms with Gasteiger partial charge in [0.25, 0.3) is 0 Å². The molecule has 9 nitrogen and oxygen atoms in total. The Morgan fingerprint density at radius 3 is 2.43 bits per heavy atom. The fourth-order valence-corrected chi connectivity index (χ4v) is 4.88. The number of benzene rings is 2. The fourth-order valence-electron chi connectivity index (χ4n) is 4.60. The van der Waals surface area contributed by atoms with Crippen LogP contribution in [0.15, 0.2) is 42.7 Å². The Bertz CT molecular complexity index is 1210. The molecule has 5 atom stereocenters. The first-order valence-electron chi connectivity index (χ1n) is 12.5. The van der Waals surface area contributed by atoms with Crippen molar-refractivity contribution in [2.24, 2.45) is 0 Å². The predicted molar refractivity (Wildman–Crippen MR) is 143 cm³/mol. The molecular formula is C27H35ClN4O5. The average Bonchev–Trinajstić information content (AvgIpc) is 2.86. The normalized spacial score (nSPS) is 24.3. The molecule has 1 aliphatic heterocycles. The summed E-state index contributed by atoms with van der Waals surface area (Å²) in [6, 6.07) is 11.8. The van der Waals surface area contributed by atoms with Crippen molar-refractivity contribution >= 4 is 34.0 Å². The average molecular weight is 531 g/mol. The number of nitrogens with zero attached hydrogens (tertiary/aromatic N) is 3. The van der Waals surface area contributed by atoms with Crippen molar-refractivity contribution in [2.45, 2.75) is 84.0 Å². The van der Waals surface area contributed by atoms with E-state index in [0.29, 0.717) is 28.8 Å². The van der Waals surface area contributed by atoms with E-state index >= 15 is 0 Å². The summed E-state index contributed by atoms with van der Waals surface area (Å²) < 4.78 is 11.8. The molecule has 5 unspecified atom stereocenters. The van der Waals surface area contributed by atoms with Gasteiger partial charge in [0.2, 0.25) is 6.29 Å². The third kappa shape index (κ3) is 5.98. The Morgan fingerprint density at radius 1 is 1.03 bits per heavy atom. The van der Waals surface area contributed by atoms with Crippen LogP contribution < -0.4 is 10.1 Å². The van der Waals surface area contributed by atoms with E-state index in [-0.39, 0.29) is 12.1 Å². The molecule has 0 spiro atoms. The molecule has 1 aliphatic rings. The highest BCUT2D eigenvalue weighted by Gasteiger charge is 2.43. The molecule has 37 heavy (non-hydrogen) atoms. The van der Waals surface area contributed by atoms with Crippen LogP contribution in [-0.4, -0.2) is 73.0 Å². The van der Waals surface area contributed by atoms with Crippen LogP contribution in [0, 0.1) is 0 Å². The summed E-state index contributed by atoms with van der Waals surface area (Å²) in [4.78, 5) is 11.0. The molecular weight excluding hydrogens is 496 g/mol. The molecule has 200 valence electrons. The van der Waals surface area contributed by atoms with Gasteiger partial charge in [-0.3, -0.25) is 4.90 Å². The molecule has 1 aromatic heterocycles. The van der Waals surface area contributed by atoms with Crippen LogP contribution in [0.1, 0.15) is 40.2 Å². The Labute approximate surface area is 222 Å². The first-order valence-corrected chi connectivity index (χ1v) is 12.9. The number of hydrogen-bond donors (Lipinski definition) is 4. The molecule has 1 fully saturated rings. The zero-order valence-corrected chi connectivity index (χ0v) is 22.4. The molecule has 0 amide bonds. The Morgan fingerprint density at radius 2 is 1.73 bits per heavy atom. The van der Waals surface area contributed by atoms with E-state index in [1.165, 1.54) is 6.33 Å². The highest BCUT2D eigenvalue weighted by atomic mass is 35.5. The Balaban J connectivity index is 1.72. The molecule has 1 saturated heterocycles. The molecule has 4 N–H and O–H groups in total. The summed E-state index contributed by atoms with van der Waals surface area (Å²) in [5.41, 5.74) is 2.28. The van der Waals surface area contributed by atoms with Crippen molar-refractivity contribution in [2.75, 3.05) is 5.32 Å². The molecule has 0 bridgehead atoms. The van der Waals surface area contributed by atoms with E-state index in [2.05, 4.69) is 47.9 Å². The maximum atomic E-state index is 10.5. The van der Waals surface area contributed by atoms with Gasteiger partial charge in [0.05, 0.1) is 16.6 Å². The second kappa shape index (κ2) is 11.5. The van der Waals surface area contributed by atoms with E-state index < -0.39 is 30.7 Å². The topological polar surface area (TPSA) is 120 Å². The lowest BCUT2D eigenvalue weighted by molar-refractivity contribution is -0.268. The maximum Gasteiger partial charge on any atom is 0.229 e. The third-order valence-electron chi connectivity index (χ3n) is 6.65. The number of aliphatic hydroxyl groups excluding tert-OH is 3. The minimum Gasteiger partial charge on any atom is -0.460 e. The van der Waals surface area contributed by atoms with Crippen molar-refractivity contribution in [1.82, 2.24) is 14.9 Å². The lowest BCUT2D eigenvalue weighted by Gasteiger charge is -2.39. The van der Waals surface area contributed by atoms with Gasteiger partial charge in [-0.15, -0.1) is 0 Å². The number of rotatable bonds is 8. The van der Waals surface area contributed by atoms with E-state index in [9.17, 15) is 15.3 Å². The quantitative estimate of drug-likeness (QED) is 0.344. The van der Waals surface area contributed by atoms with E-state index in [1.54, 1.807) is 13.0 Å². The van der Waals surface area contributed by atoms with Crippen molar-refractivity contribution in [3.05, 3.63) is 53.3 Å². The number of nitrogens with one attached hydrogen (secondary N) is 1. The van der Waals surface area contributed by atoms with Gasteiger partial charge in [0.1, 0.15) is 36.2 Å². The minimum absolute atomic E-state index is 0.238. The van der Waals surface area contributed by atoms with Crippen LogP contribution in [0.25, 0.3) is 10.9 Å². The monoisotopic (exact) mass is 530 g/mol. The summed E-state index contributed by atoms with van der Waals surface area (Å²) in [6.07, 6.45) is -4.53. The Hall–Kier alpha value is -2.53. The van der Waals surface area contributed by atoms with Crippen molar-refractivity contribution in [3.8, 4) is 5.75 Å². The second-order valence-electron chi connectivity index (χ2n) is 9.97. The minimum atomic E-state index is -1.45. The summed E-state index contributed by atoms with van der Waals surface area (Å²) in [7, 11) is 0. The standard InChI is InChI=1S/C27H35ClN4O5/c1-14(2)32(15(3)4)12-17-10-18(31-26-19-8-6-7-9-21(19)29-13-30-26)11-20(28)25(17)37-27-24(35)23(34)22(33)16(5)36-27/h6-11,13-16,22-24,27,33-35H,12H2,1-5H3,(H,29,30,31). The zero-order valence-electron chi connectivity index (χ0n) is 21.7. The summed E-state index contributed by atoms with van der Waals surface area (Å²) in [6.45, 7) is 10.6. The SMILES string of the molecule is CC1OC(Oc2c(Cl)cc(Nc3ncnc4ccccc34)cc2CN(C(C)C)C(C)C)C(O)C(O)C1O. The highest BCUT2D eigenvalue weighted by Crippen LogP contribution is 2.37. The van der Waals surface area contributed by atoms with Crippen LogP contribution >= 0.6 is 11.6 Å². The van der Waals surface area contributed by atoms with Gasteiger partial charge in [-0.1, -0.05) is 23.7 Å². The van der Waals surface area contributed by atoms with Gasteiger partial charge in [-0.05, 0) is 58.9 Å². The lowest BCUT2D eigenvalue weighted by Crippen LogP contribution is -2.58. The molecule has 0 radical (unpaired) electrons. The van der Waals surface area contributed by atoms with Gasteiger partial charge in [-0.2, -0.15) is 0 Å².